The molecule has 0 aliphatic heterocycles. The van der Waals surface area contributed by atoms with Crippen molar-refractivity contribution in [1.29, 1.82) is 0 Å². The molecule has 0 bridgehead atoms. The summed E-state index contributed by atoms with van der Waals surface area (Å²) in [6.45, 7) is 3.58. The summed E-state index contributed by atoms with van der Waals surface area (Å²) in [5.41, 5.74) is 6.38. The van der Waals surface area contributed by atoms with E-state index in [0.717, 1.165) is 4.47 Å². The molecule has 70 valence electrons. The van der Waals surface area contributed by atoms with Crippen LogP contribution in [0.1, 0.15) is 11.6 Å². The summed E-state index contributed by atoms with van der Waals surface area (Å²) in [4.78, 5) is 0. The molecule has 0 spiro atoms. The van der Waals surface area contributed by atoms with Crippen molar-refractivity contribution in [2.75, 3.05) is 0 Å². The van der Waals surface area contributed by atoms with Crippen molar-refractivity contribution in [3.63, 3.8) is 0 Å². The zero-order valence-corrected chi connectivity index (χ0v) is 9.97. The molecule has 0 amide bonds. The predicted octanol–water partition coefficient (Wildman–Crippen LogP) is 3.10. The molecule has 0 heterocycles. The Morgan fingerprint density at radius 3 is 2.46 bits per heavy atom. The molecule has 0 fully saturated rings. The van der Waals surface area contributed by atoms with Crippen LogP contribution in [0.2, 0.25) is 0 Å². The zero-order chi connectivity index (χ0) is 10.0. The van der Waals surface area contributed by atoms with Crippen molar-refractivity contribution in [3.05, 3.63) is 39.3 Å². The largest absolute Gasteiger partial charge is 0.506 e. The summed E-state index contributed by atoms with van der Waals surface area (Å²) >= 11 is 6.53. The molecule has 2 nitrogen and oxygen atoms in total. The molecule has 0 aliphatic carbocycles. The van der Waals surface area contributed by atoms with Crippen molar-refractivity contribution >= 4 is 31.9 Å². The highest BCUT2D eigenvalue weighted by molar-refractivity contribution is 9.11. The number of halogens is 2. The van der Waals surface area contributed by atoms with Crippen LogP contribution in [-0.2, 0) is 0 Å². The molecule has 0 radical (unpaired) electrons. The second-order valence-corrected chi connectivity index (χ2v) is 4.26. The lowest BCUT2D eigenvalue weighted by molar-refractivity contribution is 0.462. The van der Waals surface area contributed by atoms with Gasteiger partial charge >= 0.3 is 0 Å². The van der Waals surface area contributed by atoms with Crippen LogP contribution in [0.4, 0.5) is 0 Å². The molecule has 0 saturated heterocycles. The molecule has 0 aliphatic rings. The maximum absolute atomic E-state index is 9.68. The molecular weight excluding hydrogens is 298 g/mol. The van der Waals surface area contributed by atoms with Crippen molar-refractivity contribution in [2.45, 2.75) is 6.04 Å². The third-order valence-corrected chi connectivity index (χ3v) is 3.03. The summed E-state index contributed by atoms with van der Waals surface area (Å²) in [5, 5.41) is 9.68. The molecule has 13 heavy (non-hydrogen) atoms. The zero-order valence-electron chi connectivity index (χ0n) is 6.80. The van der Waals surface area contributed by atoms with E-state index in [4.69, 9.17) is 5.73 Å². The van der Waals surface area contributed by atoms with Gasteiger partial charge in [-0.1, -0.05) is 22.0 Å². The highest BCUT2D eigenvalue weighted by Crippen LogP contribution is 2.36. The summed E-state index contributed by atoms with van der Waals surface area (Å²) < 4.78 is 1.41. The third-order valence-electron chi connectivity index (χ3n) is 1.70. The van der Waals surface area contributed by atoms with Gasteiger partial charge in [0, 0.05) is 10.0 Å². The van der Waals surface area contributed by atoms with Crippen LogP contribution in [0.15, 0.2) is 33.7 Å². The van der Waals surface area contributed by atoms with E-state index in [1.165, 1.54) is 0 Å². The number of hydrogen-bond donors (Lipinski definition) is 2. The van der Waals surface area contributed by atoms with Gasteiger partial charge in [-0.3, -0.25) is 0 Å². The van der Waals surface area contributed by atoms with Gasteiger partial charge in [-0.15, -0.1) is 6.58 Å². The number of aromatic hydroxyl groups is 1. The van der Waals surface area contributed by atoms with E-state index in [-0.39, 0.29) is 11.8 Å². The molecule has 3 N–H and O–H groups in total. The van der Waals surface area contributed by atoms with Crippen LogP contribution in [0.5, 0.6) is 5.75 Å². The fourth-order valence-corrected chi connectivity index (χ4v) is 1.92. The first-order valence-electron chi connectivity index (χ1n) is 3.63. The van der Waals surface area contributed by atoms with Crippen molar-refractivity contribution in [3.8, 4) is 5.75 Å². The van der Waals surface area contributed by atoms with Crippen LogP contribution < -0.4 is 5.73 Å². The number of phenols is 1. The summed E-state index contributed by atoms with van der Waals surface area (Å²) in [6, 6.07) is 3.20. The average molecular weight is 307 g/mol. The third kappa shape index (κ3) is 2.13. The topological polar surface area (TPSA) is 46.2 Å². The standard InChI is InChI=1S/C9H9Br2NO/c1-2-7(12)8-5(10)3-4-6(11)9(8)13/h2-4,7,13H,1,12H2/t7-/m1/s1. The summed E-state index contributed by atoms with van der Waals surface area (Å²) in [6.07, 6.45) is 1.58. The molecule has 1 rings (SSSR count). The van der Waals surface area contributed by atoms with Crippen LogP contribution in [-0.4, -0.2) is 5.11 Å². The van der Waals surface area contributed by atoms with Gasteiger partial charge in [0.2, 0.25) is 0 Å². The maximum atomic E-state index is 9.68. The Hall–Kier alpha value is -0.320. The highest BCUT2D eigenvalue weighted by Gasteiger charge is 2.13. The van der Waals surface area contributed by atoms with Gasteiger partial charge in [0.25, 0.3) is 0 Å². The monoisotopic (exact) mass is 305 g/mol. The van der Waals surface area contributed by atoms with Gasteiger partial charge < -0.3 is 10.8 Å². The molecule has 0 unspecified atom stereocenters. The highest BCUT2D eigenvalue weighted by atomic mass is 79.9. The van der Waals surface area contributed by atoms with Gasteiger partial charge in [-0.2, -0.15) is 0 Å². The van der Waals surface area contributed by atoms with Gasteiger partial charge in [-0.25, -0.2) is 0 Å². The fourth-order valence-electron chi connectivity index (χ4n) is 0.992. The van der Waals surface area contributed by atoms with E-state index in [1.807, 2.05) is 6.07 Å². The molecule has 0 aromatic heterocycles. The molecule has 1 aromatic rings. The van der Waals surface area contributed by atoms with Gasteiger partial charge in [0.1, 0.15) is 5.75 Å². The SMILES string of the molecule is C=C[C@@H](N)c1c(Br)ccc(Br)c1O. The minimum atomic E-state index is -0.369. The van der Waals surface area contributed by atoms with Crippen LogP contribution >= 0.6 is 31.9 Å². The van der Waals surface area contributed by atoms with Gasteiger partial charge in [0.15, 0.2) is 0 Å². The first-order valence-corrected chi connectivity index (χ1v) is 5.21. The number of phenolic OH excluding ortho intramolecular Hbond substituents is 1. The van der Waals surface area contributed by atoms with Crippen LogP contribution in [0.3, 0.4) is 0 Å². The quantitative estimate of drug-likeness (QED) is 0.825. The Morgan fingerprint density at radius 1 is 1.38 bits per heavy atom. The Balaban J connectivity index is 3.32. The summed E-state index contributed by atoms with van der Waals surface area (Å²) in [5.74, 6) is 0.154. The first-order chi connectivity index (χ1) is 6.07. The maximum Gasteiger partial charge on any atom is 0.135 e. The minimum Gasteiger partial charge on any atom is -0.506 e. The Morgan fingerprint density at radius 2 is 1.92 bits per heavy atom. The van der Waals surface area contributed by atoms with Crippen molar-refractivity contribution < 1.29 is 5.11 Å². The van der Waals surface area contributed by atoms with E-state index in [1.54, 1.807) is 12.1 Å². The number of nitrogens with two attached hydrogens (primary N) is 1. The van der Waals surface area contributed by atoms with E-state index in [9.17, 15) is 5.11 Å². The lowest BCUT2D eigenvalue weighted by Gasteiger charge is -2.12. The van der Waals surface area contributed by atoms with Crippen LogP contribution in [0, 0.1) is 0 Å². The normalized spacial score (nSPS) is 12.5. The molecule has 0 saturated carbocycles. The van der Waals surface area contributed by atoms with E-state index in [0.29, 0.717) is 10.0 Å². The number of rotatable bonds is 2. The van der Waals surface area contributed by atoms with Crippen LogP contribution in [0.25, 0.3) is 0 Å². The van der Waals surface area contributed by atoms with Gasteiger partial charge in [0.05, 0.1) is 10.5 Å². The van der Waals surface area contributed by atoms with E-state index >= 15 is 0 Å². The molecule has 4 heteroatoms. The fraction of sp³-hybridized carbons (Fsp3) is 0.111. The minimum absolute atomic E-state index is 0.154. The van der Waals surface area contributed by atoms with Crippen molar-refractivity contribution in [2.24, 2.45) is 5.73 Å². The summed E-state index contributed by atoms with van der Waals surface area (Å²) in [7, 11) is 0. The van der Waals surface area contributed by atoms with E-state index < -0.39 is 0 Å². The molecule has 1 atom stereocenters. The molecular formula is C9H9Br2NO. The molecule has 1 aromatic carbocycles. The first kappa shape index (κ1) is 10.8. The van der Waals surface area contributed by atoms with Gasteiger partial charge in [-0.05, 0) is 28.1 Å². The lowest BCUT2D eigenvalue weighted by atomic mass is 10.1. The Labute approximate surface area is 93.7 Å². The Kier molecular flexibility index (Phi) is 3.53. The predicted molar refractivity (Wildman–Crippen MR) is 60.6 cm³/mol. The smallest absolute Gasteiger partial charge is 0.135 e. The average Bonchev–Trinajstić information content (AvgIpc) is 2.12. The number of benzene rings is 1. The second kappa shape index (κ2) is 4.26. The van der Waals surface area contributed by atoms with Crippen molar-refractivity contribution in [1.82, 2.24) is 0 Å². The van der Waals surface area contributed by atoms with E-state index in [2.05, 4.69) is 38.4 Å². The lowest BCUT2D eigenvalue weighted by Crippen LogP contribution is -2.07. The second-order valence-electron chi connectivity index (χ2n) is 2.55. The Bertz CT molecular complexity index is 339. The number of hydrogen-bond acceptors (Lipinski definition) is 2.